The highest BCUT2D eigenvalue weighted by Gasteiger charge is 2.05. The van der Waals surface area contributed by atoms with E-state index in [1.165, 1.54) is 15.6 Å². The molecular weight excluding hydrogens is 268 g/mol. The largest absolute Gasteiger partial charge is 0.497 e. The summed E-state index contributed by atoms with van der Waals surface area (Å²) >= 11 is 1.77. The summed E-state index contributed by atoms with van der Waals surface area (Å²) in [6, 6.07) is 14.1. The van der Waals surface area contributed by atoms with Crippen LogP contribution in [0.2, 0.25) is 0 Å². The molecule has 0 atom stereocenters. The quantitative estimate of drug-likeness (QED) is 0.709. The third kappa shape index (κ3) is 2.42. The van der Waals surface area contributed by atoms with Crippen LogP contribution in [-0.4, -0.2) is 7.11 Å². The van der Waals surface area contributed by atoms with Gasteiger partial charge in [0.15, 0.2) is 0 Å². The van der Waals surface area contributed by atoms with Gasteiger partial charge in [0.05, 0.1) is 18.5 Å². The van der Waals surface area contributed by atoms with Gasteiger partial charge in [0, 0.05) is 17.3 Å². The van der Waals surface area contributed by atoms with E-state index in [0.717, 1.165) is 18.0 Å². The zero-order valence-electron chi connectivity index (χ0n) is 11.2. The molecule has 0 aliphatic heterocycles. The molecule has 0 amide bonds. The second-order valence-corrected chi connectivity index (χ2v) is 5.48. The highest BCUT2D eigenvalue weighted by molar-refractivity contribution is 7.17. The van der Waals surface area contributed by atoms with Gasteiger partial charge < -0.3 is 15.8 Å². The summed E-state index contributed by atoms with van der Waals surface area (Å²) < 4.78 is 6.46. The number of fused-ring (bicyclic) bond motifs is 1. The average molecular weight is 284 g/mol. The molecule has 1 aromatic heterocycles. The molecule has 0 saturated heterocycles. The number of rotatable bonds is 4. The molecule has 0 aliphatic carbocycles. The molecule has 20 heavy (non-hydrogen) atoms. The van der Waals surface area contributed by atoms with Crippen molar-refractivity contribution in [2.75, 3.05) is 18.2 Å². The van der Waals surface area contributed by atoms with E-state index < -0.39 is 0 Å². The van der Waals surface area contributed by atoms with Crippen molar-refractivity contribution in [3.05, 3.63) is 53.4 Å². The van der Waals surface area contributed by atoms with Gasteiger partial charge in [-0.2, -0.15) is 0 Å². The zero-order chi connectivity index (χ0) is 13.9. The van der Waals surface area contributed by atoms with Gasteiger partial charge in [-0.05, 0) is 34.5 Å². The highest BCUT2D eigenvalue weighted by atomic mass is 32.1. The Morgan fingerprint density at radius 3 is 2.85 bits per heavy atom. The van der Waals surface area contributed by atoms with Crippen molar-refractivity contribution >= 4 is 32.8 Å². The van der Waals surface area contributed by atoms with Crippen LogP contribution in [0, 0.1) is 0 Å². The molecule has 3 nitrogen and oxygen atoms in total. The molecule has 3 rings (SSSR count). The fourth-order valence-electron chi connectivity index (χ4n) is 2.19. The minimum Gasteiger partial charge on any atom is -0.497 e. The standard InChI is InChI=1S/C16H16N2OS/c1-19-12-6-7-15(14(17)8-12)18-9-11-10-20-16-5-3-2-4-13(11)16/h2-8,10,18H,9,17H2,1H3. The lowest BCUT2D eigenvalue weighted by Gasteiger charge is -2.10. The number of ether oxygens (including phenoxy) is 1. The number of anilines is 2. The highest BCUT2D eigenvalue weighted by Crippen LogP contribution is 2.28. The van der Waals surface area contributed by atoms with Gasteiger partial charge in [-0.1, -0.05) is 18.2 Å². The summed E-state index contributed by atoms with van der Waals surface area (Å²) in [6.45, 7) is 0.764. The molecule has 3 aromatic rings. The van der Waals surface area contributed by atoms with E-state index in [0.29, 0.717) is 5.69 Å². The van der Waals surface area contributed by atoms with E-state index in [2.05, 4.69) is 35.0 Å². The molecule has 102 valence electrons. The van der Waals surface area contributed by atoms with Gasteiger partial charge in [0.25, 0.3) is 0 Å². The minimum atomic E-state index is 0.698. The second-order valence-electron chi connectivity index (χ2n) is 4.56. The first-order chi connectivity index (χ1) is 9.78. The Bertz CT molecular complexity index is 736. The maximum Gasteiger partial charge on any atom is 0.121 e. The molecule has 2 aromatic carbocycles. The fourth-order valence-corrected chi connectivity index (χ4v) is 3.15. The maximum atomic E-state index is 6.01. The summed E-state index contributed by atoms with van der Waals surface area (Å²) in [5.74, 6) is 0.772. The van der Waals surface area contributed by atoms with Crippen LogP contribution >= 0.6 is 11.3 Å². The van der Waals surface area contributed by atoms with Crippen molar-refractivity contribution in [3.63, 3.8) is 0 Å². The van der Waals surface area contributed by atoms with Crippen molar-refractivity contribution in [2.45, 2.75) is 6.54 Å². The molecule has 0 aliphatic rings. The number of methoxy groups -OCH3 is 1. The van der Waals surface area contributed by atoms with Gasteiger partial charge in [0.2, 0.25) is 0 Å². The first-order valence-corrected chi connectivity index (χ1v) is 7.28. The molecule has 4 heteroatoms. The third-order valence-corrected chi connectivity index (χ3v) is 4.30. The van der Waals surface area contributed by atoms with E-state index in [1.807, 2.05) is 18.2 Å². The van der Waals surface area contributed by atoms with Gasteiger partial charge in [0.1, 0.15) is 5.75 Å². The number of nitrogens with one attached hydrogen (secondary N) is 1. The lowest BCUT2D eigenvalue weighted by Crippen LogP contribution is -2.02. The molecule has 1 heterocycles. The van der Waals surface area contributed by atoms with Gasteiger partial charge in [-0.3, -0.25) is 0 Å². The van der Waals surface area contributed by atoms with Crippen molar-refractivity contribution < 1.29 is 4.74 Å². The Hall–Kier alpha value is -2.20. The lowest BCUT2D eigenvalue weighted by molar-refractivity contribution is 0.415. The fraction of sp³-hybridized carbons (Fsp3) is 0.125. The normalized spacial score (nSPS) is 10.7. The number of benzene rings is 2. The molecule has 0 saturated carbocycles. The van der Waals surface area contributed by atoms with Crippen molar-refractivity contribution in [1.29, 1.82) is 0 Å². The first-order valence-electron chi connectivity index (χ1n) is 6.40. The Labute approximate surface area is 122 Å². The topological polar surface area (TPSA) is 47.3 Å². The lowest BCUT2D eigenvalue weighted by atomic mass is 10.1. The summed E-state index contributed by atoms with van der Waals surface area (Å²) in [4.78, 5) is 0. The molecule has 0 spiro atoms. The Morgan fingerprint density at radius 2 is 2.05 bits per heavy atom. The van der Waals surface area contributed by atoms with Crippen molar-refractivity contribution in [3.8, 4) is 5.75 Å². The second kappa shape index (κ2) is 5.43. The van der Waals surface area contributed by atoms with E-state index >= 15 is 0 Å². The van der Waals surface area contributed by atoms with Crippen LogP contribution in [0.1, 0.15) is 5.56 Å². The number of hydrogen-bond acceptors (Lipinski definition) is 4. The molecule has 0 bridgehead atoms. The summed E-state index contributed by atoms with van der Waals surface area (Å²) in [5.41, 5.74) is 8.93. The van der Waals surface area contributed by atoms with Gasteiger partial charge >= 0.3 is 0 Å². The van der Waals surface area contributed by atoms with Crippen LogP contribution in [0.5, 0.6) is 5.75 Å². The predicted octanol–water partition coefficient (Wildman–Crippen LogP) is 4.10. The number of thiophene rings is 1. The molecule has 0 radical (unpaired) electrons. The Balaban J connectivity index is 1.79. The van der Waals surface area contributed by atoms with Crippen LogP contribution < -0.4 is 15.8 Å². The van der Waals surface area contributed by atoms with Crippen molar-refractivity contribution in [1.82, 2.24) is 0 Å². The predicted molar refractivity (Wildman–Crippen MR) is 86.6 cm³/mol. The van der Waals surface area contributed by atoms with Crippen LogP contribution in [0.4, 0.5) is 11.4 Å². The zero-order valence-corrected chi connectivity index (χ0v) is 12.0. The number of nitrogens with two attached hydrogens (primary N) is 1. The van der Waals surface area contributed by atoms with E-state index in [9.17, 15) is 0 Å². The third-order valence-electron chi connectivity index (χ3n) is 3.29. The Kier molecular flexibility index (Phi) is 3.48. The SMILES string of the molecule is COc1ccc(NCc2csc3ccccc23)c(N)c1. The maximum absolute atomic E-state index is 6.01. The van der Waals surface area contributed by atoms with Crippen LogP contribution in [-0.2, 0) is 6.54 Å². The van der Waals surface area contributed by atoms with Crippen molar-refractivity contribution in [2.24, 2.45) is 0 Å². The van der Waals surface area contributed by atoms with Crippen LogP contribution in [0.15, 0.2) is 47.8 Å². The molecule has 3 N–H and O–H groups in total. The van der Waals surface area contributed by atoms with Crippen LogP contribution in [0.3, 0.4) is 0 Å². The summed E-state index contributed by atoms with van der Waals surface area (Å²) in [6.07, 6.45) is 0. The van der Waals surface area contributed by atoms with Gasteiger partial charge in [-0.25, -0.2) is 0 Å². The Morgan fingerprint density at radius 1 is 1.20 bits per heavy atom. The summed E-state index contributed by atoms with van der Waals surface area (Å²) in [5, 5.41) is 6.88. The monoisotopic (exact) mass is 284 g/mol. The van der Waals surface area contributed by atoms with Gasteiger partial charge in [-0.15, -0.1) is 11.3 Å². The average Bonchev–Trinajstić information content (AvgIpc) is 2.89. The number of nitrogen functional groups attached to an aromatic ring is 1. The van der Waals surface area contributed by atoms with Crippen LogP contribution in [0.25, 0.3) is 10.1 Å². The molecule has 0 fully saturated rings. The number of hydrogen-bond donors (Lipinski definition) is 2. The van der Waals surface area contributed by atoms with E-state index in [4.69, 9.17) is 10.5 Å². The molecule has 0 unspecified atom stereocenters. The van der Waals surface area contributed by atoms with E-state index in [1.54, 1.807) is 18.4 Å². The smallest absolute Gasteiger partial charge is 0.121 e. The minimum absolute atomic E-state index is 0.698. The molecular formula is C16H16N2OS. The van der Waals surface area contributed by atoms with E-state index in [-0.39, 0.29) is 0 Å². The summed E-state index contributed by atoms with van der Waals surface area (Å²) in [7, 11) is 1.64. The first kappa shape index (κ1) is 12.8.